The zero-order valence-electron chi connectivity index (χ0n) is 8.30. The van der Waals surface area contributed by atoms with Crippen LogP contribution in [0.2, 0.25) is 0 Å². The molecule has 0 aromatic rings. The lowest BCUT2D eigenvalue weighted by atomic mass is 9.71. The van der Waals surface area contributed by atoms with Gasteiger partial charge in [-0.25, -0.2) is 0 Å². The highest BCUT2D eigenvalue weighted by atomic mass is 16.4. The Balaban J connectivity index is 2.73. The lowest BCUT2D eigenvalue weighted by Gasteiger charge is -2.34. The van der Waals surface area contributed by atoms with Gasteiger partial charge in [0.25, 0.3) is 0 Å². The second kappa shape index (κ2) is 3.46. The van der Waals surface area contributed by atoms with Crippen molar-refractivity contribution in [1.82, 2.24) is 0 Å². The number of hydrogen-bond donors (Lipinski definition) is 1. The van der Waals surface area contributed by atoms with Crippen LogP contribution in [0.25, 0.3) is 0 Å². The molecule has 0 amide bonds. The second-order valence-corrected chi connectivity index (χ2v) is 4.76. The summed E-state index contributed by atoms with van der Waals surface area (Å²) in [6, 6.07) is 0. The van der Waals surface area contributed by atoms with Crippen LogP contribution in [0.3, 0.4) is 0 Å². The molecule has 1 rings (SSSR count). The van der Waals surface area contributed by atoms with E-state index in [-0.39, 0.29) is 5.41 Å². The predicted octanol–water partition coefficient (Wildman–Crippen LogP) is 3.05. The Hall–Kier alpha value is -0.530. The Morgan fingerprint density at radius 2 is 2.00 bits per heavy atom. The summed E-state index contributed by atoms with van der Waals surface area (Å²) in [5.41, 5.74) is 1.26. The Morgan fingerprint density at radius 1 is 1.33 bits per heavy atom. The minimum Gasteiger partial charge on any atom is -0.411 e. The van der Waals surface area contributed by atoms with Gasteiger partial charge in [0.1, 0.15) is 0 Å². The molecule has 70 valence electrons. The Labute approximate surface area is 74.7 Å². The van der Waals surface area contributed by atoms with Gasteiger partial charge in [-0.15, -0.1) is 0 Å². The van der Waals surface area contributed by atoms with Crippen molar-refractivity contribution in [2.24, 2.45) is 16.5 Å². The summed E-state index contributed by atoms with van der Waals surface area (Å²) in [5.74, 6) is 0.483. The van der Waals surface area contributed by atoms with E-state index in [1.807, 2.05) is 0 Å². The molecule has 1 N–H and O–H groups in total. The molecule has 0 saturated heterocycles. The number of oxime groups is 1. The zero-order valence-corrected chi connectivity index (χ0v) is 8.30. The molecular formula is C10H19NO. The minimum atomic E-state index is 0.252. The van der Waals surface area contributed by atoms with Crippen molar-refractivity contribution in [1.29, 1.82) is 0 Å². The van der Waals surface area contributed by atoms with Gasteiger partial charge in [-0.3, -0.25) is 0 Å². The third-order valence-electron chi connectivity index (χ3n) is 2.75. The third-order valence-corrected chi connectivity index (χ3v) is 2.75. The van der Waals surface area contributed by atoms with E-state index in [1.165, 1.54) is 19.3 Å². The van der Waals surface area contributed by atoms with Crippen molar-refractivity contribution in [3.63, 3.8) is 0 Å². The van der Waals surface area contributed by atoms with Crippen molar-refractivity contribution in [3.05, 3.63) is 0 Å². The fourth-order valence-corrected chi connectivity index (χ4v) is 2.05. The summed E-state index contributed by atoms with van der Waals surface area (Å²) in [6.07, 6.45) is 4.63. The molecule has 12 heavy (non-hydrogen) atoms. The zero-order chi connectivity index (χ0) is 9.19. The number of rotatable bonds is 0. The number of nitrogens with zero attached hydrogens (tertiary/aromatic N) is 1. The molecule has 0 bridgehead atoms. The van der Waals surface area contributed by atoms with Gasteiger partial charge in [-0.2, -0.15) is 0 Å². The lowest BCUT2D eigenvalue weighted by molar-refractivity contribution is 0.254. The largest absolute Gasteiger partial charge is 0.411 e. The summed E-state index contributed by atoms with van der Waals surface area (Å²) < 4.78 is 0. The van der Waals surface area contributed by atoms with E-state index >= 15 is 0 Å². The maximum absolute atomic E-state index is 8.81. The highest BCUT2D eigenvalue weighted by molar-refractivity contribution is 5.87. The first-order valence-electron chi connectivity index (χ1n) is 4.76. The fraction of sp³-hybridized carbons (Fsp3) is 0.900. The maximum Gasteiger partial charge on any atom is 0.0606 e. The van der Waals surface area contributed by atoms with Gasteiger partial charge in [-0.05, 0) is 24.7 Å². The van der Waals surface area contributed by atoms with Gasteiger partial charge < -0.3 is 5.21 Å². The molecule has 0 spiro atoms. The van der Waals surface area contributed by atoms with Crippen LogP contribution in [0.1, 0.15) is 46.5 Å². The van der Waals surface area contributed by atoms with Gasteiger partial charge in [0.05, 0.1) is 5.71 Å². The molecule has 0 aromatic heterocycles. The van der Waals surface area contributed by atoms with Crippen LogP contribution in [-0.4, -0.2) is 10.9 Å². The minimum absolute atomic E-state index is 0.252. The highest BCUT2D eigenvalue weighted by Gasteiger charge is 2.31. The van der Waals surface area contributed by atoms with Crippen molar-refractivity contribution in [2.45, 2.75) is 46.5 Å². The van der Waals surface area contributed by atoms with E-state index < -0.39 is 0 Å². The van der Waals surface area contributed by atoms with Crippen molar-refractivity contribution in [2.75, 3.05) is 0 Å². The average molecular weight is 169 g/mol. The standard InChI is InChI=1S/C10H19NO/c1-10(2,3)8-6-4-5-7-9(8)11-12/h8,12H,4-7H2,1-3H3/b11-9+. The van der Waals surface area contributed by atoms with Crippen molar-refractivity contribution in [3.8, 4) is 0 Å². The van der Waals surface area contributed by atoms with Crippen LogP contribution in [-0.2, 0) is 0 Å². The van der Waals surface area contributed by atoms with E-state index in [0.717, 1.165) is 12.1 Å². The summed E-state index contributed by atoms with van der Waals surface area (Å²) >= 11 is 0. The molecule has 1 aliphatic carbocycles. The van der Waals surface area contributed by atoms with E-state index in [0.29, 0.717) is 5.92 Å². The number of hydrogen-bond acceptors (Lipinski definition) is 2. The van der Waals surface area contributed by atoms with E-state index in [1.54, 1.807) is 0 Å². The van der Waals surface area contributed by atoms with Gasteiger partial charge in [0, 0.05) is 5.92 Å². The van der Waals surface area contributed by atoms with Gasteiger partial charge in [0.2, 0.25) is 0 Å². The Kier molecular flexibility index (Phi) is 2.76. The molecule has 0 radical (unpaired) electrons. The molecular weight excluding hydrogens is 150 g/mol. The molecule has 1 fully saturated rings. The molecule has 0 aromatic carbocycles. The average Bonchev–Trinajstić information content (AvgIpc) is 2.03. The maximum atomic E-state index is 8.81. The van der Waals surface area contributed by atoms with Gasteiger partial charge in [0.15, 0.2) is 0 Å². The molecule has 1 unspecified atom stereocenters. The van der Waals surface area contributed by atoms with E-state index in [9.17, 15) is 0 Å². The smallest absolute Gasteiger partial charge is 0.0606 e. The second-order valence-electron chi connectivity index (χ2n) is 4.76. The molecule has 1 atom stereocenters. The van der Waals surface area contributed by atoms with Crippen LogP contribution in [0.5, 0.6) is 0 Å². The van der Waals surface area contributed by atoms with Crippen LogP contribution >= 0.6 is 0 Å². The van der Waals surface area contributed by atoms with Crippen molar-refractivity contribution >= 4 is 5.71 Å². The van der Waals surface area contributed by atoms with E-state index in [4.69, 9.17) is 5.21 Å². The summed E-state index contributed by atoms with van der Waals surface area (Å²) in [5, 5.41) is 12.2. The topological polar surface area (TPSA) is 32.6 Å². The Morgan fingerprint density at radius 3 is 2.42 bits per heavy atom. The summed E-state index contributed by atoms with van der Waals surface area (Å²) in [7, 11) is 0. The van der Waals surface area contributed by atoms with Gasteiger partial charge >= 0.3 is 0 Å². The van der Waals surface area contributed by atoms with Crippen LogP contribution < -0.4 is 0 Å². The summed E-state index contributed by atoms with van der Waals surface area (Å²) in [4.78, 5) is 0. The van der Waals surface area contributed by atoms with E-state index in [2.05, 4.69) is 25.9 Å². The first-order chi connectivity index (χ1) is 5.55. The lowest BCUT2D eigenvalue weighted by Crippen LogP contribution is -2.31. The van der Waals surface area contributed by atoms with Crippen LogP contribution in [0.15, 0.2) is 5.16 Å². The molecule has 1 saturated carbocycles. The first kappa shape index (κ1) is 9.56. The third kappa shape index (κ3) is 1.99. The molecule has 2 heteroatoms. The fourth-order valence-electron chi connectivity index (χ4n) is 2.05. The summed E-state index contributed by atoms with van der Waals surface area (Å²) in [6.45, 7) is 6.65. The predicted molar refractivity (Wildman–Crippen MR) is 50.6 cm³/mol. The van der Waals surface area contributed by atoms with Crippen LogP contribution in [0, 0.1) is 11.3 Å². The molecule has 0 aliphatic heterocycles. The normalized spacial score (nSPS) is 29.2. The monoisotopic (exact) mass is 169 g/mol. The Bertz CT molecular complexity index is 179. The quantitative estimate of drug-likeness (QED) is 0.438. The molecule has 2 nitrogen and oxygen atoms in total. The van der Waals surface area contributed by atoms with Crippen LogP contribution in [0.4, 0.5) is 0 Å². The highest BCUT2D eigenvalue weighted by Crippen LogP contribution is 2.35. The molecule has 1 aliphatic rings. The first-order valence-corrected chi connectivity index (χ1v) is 4.76. The van der Waals surface area contributed by atoms with Crippen molar-refractivity contribution < 1.29 is 5.21 Å². The SMILES string of the molecule is CC(C)(C)C1CCCC/C1=N\O. The van der Waals surface area contributed by atoms with Gasteiger partial charge in [-0.1, -0.05) is 32.3 Å². The molecule has 0 heterocycles.